The van der Waals surface area contributed by atoms with Gasteiger partial charge in [-0.15, -0.1) is 0 Å². The summed E-state index contributed by atoms with van der Waals surface area (Å²) >= 11 is 0. The third kappa shape index (κ3) is 3.03. The van der Waals surface area contributed by atoms with Gasteiger partial charge in [-0.2, -0.15) is 0 Å². The number of rotatable bonds is 2. The quantitative estimate of drug-likeness (QED) is 0.852. The van der Waals surface area contributed by atoms with Gasteiger partial charge in [-0.05, 0) is 63.8 Å². The molecule has 4 heteroatoms. The number of ether oxygens (including phenoxy) is 2. The molecule has 1 N–H and O–H groups in total. The normalized spacial score (nSPS) is 30.4. The summed E-state index contributed by atoms with van der Waals surface area (Å²) in [6.45, 7) is 5.34. The second-order valence-electron chi connectivity index (χ2n) is 7.12. The van der Waals surface area contributed by atoms with E-state index in [0.29, 0.717) is 5.56 Å². The Hall–Kier alpha value is -1.39. The van der Waals surface area contributed by atoms with Crippen LogP contribution in [-0.4, -0.2) is 30.8 Å². The maximum atomic E-state index is 11.5. The number of nitrogens with one attached hydrogen (secondary N) is 1. The van der Waals surface area contributed by atoms with Crippen LogP contribution in [0, 0.1) is 0 Å². The fourth-order valence-corrected chi connectivity index (χ4v) is 3.76. The molecule has 22 heavy (non-hydrogen) atoms. The smallest absolute Gasteiger partial charge is 0.337 e. The molecular formula is C18H25NO3. The van der Waals surface area contributed by atoms with Crippen LogP contribution in [-0.2, 0) is 9.47 Å². The molecule has 1 aromatic carbocycles. The maximum Gasteiger partial charge on any atom is 0.337 e. The Morgan fingerprint density at radius 2 is 1.95 bits per heavy atom. The van der Waals surface area contributed by atoms with Gasteiger partial charge in [0.2, 0.25) is 0 Å². The SMILES string of the molecule is COC(=O)c1ccc(C2CC3(CCN2)CCC(C)(C)O3)cc1. The zero-order valence-electron chi connectivity index (χ0n) is 13.6. The molecule has 2 aliphatic rings. The topological polar surface area (TPSA) is 47.6 Å². The van der Waals surface area contributed by atoms with E-state index in [4.69, 9.17) is 9.47 Å². The lowest BCUT2D eigenvalue weighted by Gasteiger charge is -2.40. The van der Waals surface area contributed by atoms with Crippen molar-refractivity contribution in [3.05, 3.63) is 35.4 Å². The van der Waals surface area contributed by atoms with E-state index < -0.39 is 0 Å². The van der Waals surface area contributed by atoms with Crippen LogP contribution < -0.4 is 5.32 Å². The number of piperidine rings is 1. The molecule has 2 saturated heterocycles. The molecule has 0 saturated carbocycles. The molecule has 0 radical (unpaired) electrons. The summed E-state index contributed by atoms with van der Waals surface area (Å²) in [6.07, 6.45) is 4.33. The number of carbonyl (C=O) groups is 1. The van der Waals surface area contributed by atoms with Gasteiger partial charge >= 0.3 is 5.97 Å². The Labute approximate surface area is 132 Å². The molecule has 0 aliphatic carbocycles. The van der Waals surface area contributed by atoms with E-state index in [1.54, 1.807) is 0 Å². The van der Waals surface area contributed by atoms with Crippen molar-refractivity contribution in [1.29, 1.82) is 0 Å². The maximum absolute atomic E-state index is 11.5. The summed E-state index contributed by atoms with van der Waals surface area (Å²) in [4.78, 5) is 11.5. The van der Waals surface area contributed by atoms with E-state index in [9.17, 15) is 4.79 Å². The molecule has 0 bridgehead atoms. The summed E-state index contributed by atoms with van der Waals surface area (Å²) in [6, 6.07) is 7.99. The summed E-state index contributed by atoms with van der Waals surface area (Å²) in [7, 11) is 1.40. The summed E-state index contributed by atoms with van der Waals surface area (Å²) in [5.41, 5.74) is 1.81. The Morgan fingerprint density at radius 3 is 2.55 bits per heavy atom. The van der Waals surface area contributed by atoms with E-state index in [0.717, 1.165) is 32.2 Å². The molecular weight excluding hydrogens is 278 g/mol. The zero-order valence-corrected chi connectivity index (χ0v) is 13.6. The first-order chi connectivity index (χ1) is 10.4. The minimum Gasteiger partial charge on any atom is -0.465 e. The molecule has 0 amide bonds. The minimum absolute atomic E-state index is 0.00334. The van der Waals surface area contributed by atoms with Crippen molar-refractivity contribution in [3.63, 3.8) is 0 Å². The minimum atomic E-state index is -0.291. The molecule has 1 spiro atoms. The van der Waals surface area contributed by atoms with Gasteiger partial charge < -0.3 is 14.8 Å². The first kappa shape index (κ1) is 15.5. The summed E-state index contributed by atoms with van der Waals surface area (Å²) < 4.78 is 11.1. The van der Waals surface area contributed by atoms with Gasteiger partial charge in [-0.1, -0.05) is 12.1 Å². The third-order valence-electron chi connectivity index (χ3n) is 4.96. The van der Waals surface area contributed by atoms with Crippen LogP contribution in [0.2, 0.25) is 0 Å². The van der Waals surface area contributed by atoms with Crippen molar-refractivity contribution >= 4 is 5.97 Å². The van der Waals surface area contributed by atoms with E-state index in [1.165, 1.54) is 12.7 Å². The number of benzene rings is 1. The molecule has 0 aromatic heterocycles. The number of carbonyl (C=O) groups excluding carboxylic acids is 1. The molecule has 120 valence electrons. The number of methoxy groups -OCH3 is 1. The second-order valence-corrected chi connectivity index (χ2v) is 7.12. The van der Waals surface area contributed by atoms with Crippen LogP contribution in [0.5, 0.6) is 0 Å². The van der Waals surface area contributed by atoms with Gasteiger partial charge in [0.1, 0.15) is 0 Å². The van der Waals surface area contributed by atoms with Crippen molar-refractivity contribution < 1.29 is 14.3 Å². The van der Waals surface area contributed by atoms with Gasteiger partial charge in [0.15, 0.2) is 0 Å². The van der Waals surface area contributed by atoms with E-state index in [1.807, 2.05) is 24.3 Å². The molecule has 2 heterocycles. The van der Waals surface area contributed by atoms with Crippen LogP contribution in [0.4, 0.5) is 0 Å². The van der Waals surface area contributed by atoms with Crippen LogP contribution in [0.1, 0.15) is 61.5 Å². The predicted octanol–water partition coefficient (Wildman–Crippen LogP) is 3.23. The van der Waals surface area contributed by atoms with Crippen LogP contribution in [0.25, 0.3) is 0 Å². The van der Waals surface area contributed by atoms with E-state index in [2.05, 4.69) is 19.2 Å². The van der Waals surface area contributed by atoms with Crippen molar-refractivity contribution in [3.8, 4) is 0 Å². The highest BCUT2D eigenvalue weighted by Gasteiger charge is 2.46. The van der Waals surface area contributed by atoms with E-state index >= 15 is 0 Å². The first-order valence-electron chi connectivity index (χ1n) is 8.05. The molecule has 3 rings (SSSR count). The van der Waals surface area contributed by atoms with Gasteiger partial charge in [0.05, 0.1) is 23.9 Å². The predicted molar refractivity (Wildman–Crippen MR) is 84.9 cm³/mol. The van der Waals surface area contributed by atoms with Crippen molar-refractivity contribution in [2.45, 2.75) is 56.8 Å². The first-order valence-corrected chi connectivity index (χ1v) is 8.05. The monoisotopic (exact) mass is 303 g/mol. The van der Waals surface area contributed by atoms with Crippen molar-refractivity contribution in [2.75, 3.05) is 13.7 Å². The van der Waals surface area contributed by atoms with Gasteiger partial charge in [0.25, 0.3) is 0 Å². The lowest BCUT2D eigenvalue weighted by molar-refractivity contribution is -0.106. The molecule has 2 aliphatic heterocycles. The second kappa shape index (κ2) is 5.67. The molecule has 4 nitrogen and oxygen atoms in total. The highest BCUT2D eigenvalue weighted by molar-refractivity contribution is 5.89. The Bertz CT molecular complexity index is 552. The van der Waals surface area contributed by atoms with Crippen LogP contribution in [0.15, 0.2) is 24.3 Å². The summed E-state index contributed by atoms with van der Waals surface area (Å²) in [5.74, 6) is -0.291. The van der Waals surface area contributed by atoms with Crippen LogP contribution >= 0.6 is 0 Å². The fraction of sp³-hybridized carbons (Fsp3) is 0.611. The number of hydrogen-bond acceptors (Lipinski definition) is 4. The number of esters is 1. The fourth-order valence-electron chi connectivity index (χ4n) is 3.76. The lowest BCUT2D eigenvalue weighted by atomic mass is 9.82. The lowest BCUT2D eigenvalue weighted by Crippen LogP contribution is -2.44. The third-order valence-corrected chi connectivity index (χ3v) is 4.96. The molecule has 2 fully saturated rings. The van der Waals surface area contributed by atoms with Gasteiger partial charge in [-0.25, -0.2) is 4.79 Å². The molecule has 1 aromatic rings. The van der Waals surface area contributed by atoms with Gasteiger partial charge in [0, 0.05) is 6.04 Å². The Balaban J connectivity index is 1.74. The average Bonchev–Trinajstić information content (AvgIpc) is 2.81. The average molecular weight is 303 g/mol. The van der Waals surface area contributed by atoms with E-state index in [-0.39, 0.29) is 23.2 Å². The van der Waals surface area contributed by atoms with Crippen molar-refractivity contribution in [2.24, 2.45) is 0 Å². The largest absolute Gasteiger partial charge is 0.465 e. The highest BCUT2D eigenvalue weighted by Crippen LogP contribution is 2.46. The zero-order chi connectivity index (χ0) is 15.8. The summed E-state index contributed by atoms with van der Waals surface area (Å²) in [5, 5.41) is 3.58. The molecule has 2 atom stereocenters. The van der Waals surface area contributed by atoms with Crippen molar-refractivity contribution in [1.82, 2.24) is 5.32 Å². The standard InChI is InChI=1S/C18H25NO3/c1-17(2)8-9-18(22-17)10-11-19-15(12-18)13-4-6-14(7-5-13)16(20)21-3/h4-7,15,19H,8-12H2,1-3H3. The number of hydrogen-bond donors (Lipinski definition) is 1. The highest BCUT2D eigenvalue weighted by atomic mass is 16.5. The van der Waals surface area contributed by atoms with Gasteiger partial charge in [-0.3, -0.25) is 0 Å². The van der Waals surface area contributed by atoms with Crippen LogP contribution in [0.3, 0.4) is 0 Å². The Kier molecular flexibility index (Phi) is 4.00. The molecule has 2 unspecified atom stereocenters. The Morgan fingerprint density at radius 1 is 1.23 bits per heavy atom.